The molecule has 0 aliphatic heterocycles. The quantitative estimate of drug-likeness (QED) is 0.271. The molecule has 0 saturated carbocycles. The molecule has 4 atom stereocenters. The predicted octanol–water partition coefficient (Wildman–Crippen LogP) is 0.239. The maximum absolute atomic E-state index is 11.4. The number of aldehydes is 1. The normalized spacial score (nSPS) is 15.1. The van der Waals surface area contributed by atoms with Crippen molar-refractivity contribution in [2.45, 2.75) is 52.1 Å². The number of halogens is 1. The first kappa shape index (κ1) is 23.0. The highest BCUT2D eigenvalue weighted by Gasteiger charge is 2.43. The molecule has 10 nitrogen and oxygen atoms in total. The third-order valence-electron chi connectivity index (χ3n) is 2.60. The van der Waals surface area contributed by atoms with Gasteiger partial charge in [0, 0.05) is 27.7 Å². The fourth-order valence-corrected chi connectivity index (χ4v) is 2.15. The Kier molecular flexibility index (Phi) is 10.6. The molecule has 0 N–H and O–H groups in total. The van der Waals surface area contributed by atoms with Gasteiger partial charge in [-0.2, -0.15) is 0 Å². The number of carbonyl (C=O) groups is 5. The van der Waals surface area contributed by atoms with Crippen LogP contribution in [0.25, 0.3) is 0 Å². The number of esters is 4. The third-order valence-corrected chi connectivity index (χ3v) is 2.86. The monoisotopic (exact) mass is 426 g/mol. The molecule has 0 fully saturated rings. The average Bonchev–Trinajstić information content (AvgIpc) is 2.47. The Morgan fingerprint density at radius 2 is 1.24 bits per heavy atom. The second-order valence-electron chi connectivity index (χ2n) is 4.78. The van der Waals surface area contributed by atoms with Crippen molar-refractivity contribution in [3.05, 3.63) is 0 Å². The van der Waals surface area contributed by atoms with Crippen LogP contribution < -0.4 is 0 Å². The maximum Gasteiger partial charge on any atom is 0.303 e. The van der Waals surface area contributed by atoms with Crippen LogP contribution in [0.4, 0.5) is 0 Å². The van der Waals surface area contributed by atoms with Crippen molar-refractivity contribution in [2.75, 3.05) is 6.61 Å². The van der Waals surface area contributed by atoms with Crippen molar-refractivity contribution < 1.29 is 46.7 Å². The first-order valence-corrected chi connectivity index (χ1v) is 7.64. The van der Waals surface area contributed by atoms with Crippen molar-refractivity contribution in [2.24, 2.45) is 0 Å². The SMILES string of the molecule is CC(=O)O[C@H]([C@H](OC(C)=O)[C@H](C=O)OC(C)=O)[C@@H](COBr)OC(C)=O. The molecule has 0 rings (SSSR count). The van der Waals surface area contributed by atoms with E-state index in [0.717, 1.165) is 27.7 Å². The van der Waals surface area contributed by atoms with Gasteiger partial charge in [0.25, 0.3) is 0 Å². The summed E-state index contributed by atoms with van der Waals surface area (Å²) in [7, 11) is 0. The van der Waals surface area contributed by atoms with E-state index in [1.165, 1.54) is 0 Å². The lowest BCUT2D eigenvalue weighted by atomic mass is 10.0. The minimum Gasteiger partial charge on any atom is -0.456 e. The Morgan fingerprint density at radius 1 is 0.800 bits per heavy atom. The molecule has 11 heteroatoms. The Morgan fingerprint density at radius 3 is 1.60 bits per heavy atom. The average molecular weight is 427 g/mol. The lowest BCUT2D eigenvalue weighted by Gasteiger charge is -2.33. The molecule has 0 aromatic carbocycles. The summed E-state index contributed by atoms with van der Waals surface area (Å²) < 4.78 is 24.5. The van der Waals surface area contributed by atoms with Gasteiger partial charge in [0.2, 0.25) is 0 Å². The van der Waals surface area contributed by atoms with E-state index >= 15 is 0 Å². The molecule has 0 bridgehead atoms. The van der Waals surface area contributed by atoms with Crippen molar-refractivity contribution in [1.29, 1.82) is 0 Å². The number of hydrogen-bond acceptors (Lipinski definition) is 10. The second-order valence-corrected chi connectivity index (χ2v) is 5.24. The van der Waals surface area contributed by atoms with Gasteiger partial charge in [-0.25, -0.2) is 0 Å². The molecule has 0 aliphatic rings. The lowest BCUT2D eigenvalue weighted by molar-refractivity contribution is -0.198. The van der Waals surface area contributed by atoms with E-state index in [4.69, 9.17) is 22.8 Å². The number of rotatable bonds is 10. The highest BCUT2D eigenvalue weighted by molar-refractivity contribution is 9.06. The molecule has 0 aromatic rings. The zero-order valence-electron chi connectivity index (χ0n) is 14.1. The Balaban J connectivity index is 5.88. The van der Waals surface area contributed by atoms with Crippen LogP contribution in [0.2, 0.25) is 0 Å². The Bertz CT molecular complexity index is 506. The van der Waals surface area contributed by atoms with Crippen LogP contribution in [0.5, 0.6) is 0 Å². The molecule has 0 heterocycles. The van der Waals surface area contributed by atoms with Crippen LogP contribution in [0, 0.1) is 0 Å². The highest BCUT2D eigenvalue weighted by Crippen LogP contribution is 2.19. The summed E-state index contributed by atoms with van der Waals surface area (Å²) in [5, 5.41) is 0. The van der Waals surface area contributed by atoms with Crippen molar-refractivity contribution >= 4 is 46.4 Å². The summed E-state index contributed by atoms with van der Waals surface area (Å²) in [6.07, 6.45) is -5.69. The topological polar surface area (TPSA) is 132 Å². The summed E-state index contributed by atoms with van der Waals surface area (Å²) in [5.41, 5.74) is 0. The number of carbonyl (C=O) groups excluding carboxylic acids is 5. The van der Waals surface area contributed by atoms with E-state index in [1.54, 1.807) is 0 Å². The molecule has 142 valence electrons. The first-order chi connectivity index (χ1) is 11.6. The third kappa shape index (κ3) is 9.15. The van der Waals surface area contributed by atoms with Crippen LogP contribution in [-0.2, 0) is 46.7 Å². The zero-order chi connectivity index (χ0) is 19.6. The molecule has 0 unspecified atom stereocenters. The summed E-state index contributed by atoms with van der Waals surface area (Å²) in [6.45, 7) is 3.90. The maximum atomic E-state index is 11.4. The van der Waals surface area contributed by atoms with Crippen LogP contribution in [0.3, 0.4) is 0 Å². The van der Waals surface area contributed by atoms with Crippen molar-refractivity contribution in [1.82, 2.24) is 0 Å². The fraction of sp³-hybridized carbons (Fsp3) is 0.643. The minimum atomic E-state index is -1.60. The van der Waals surface area contributed by atoms with Crippen molar-refractivity contribution in [3.63, 3.8) is 0 Å². The van der Waals surface area contributed by atoms with E-state index in [2.05, 4.69) is 16.3 Å². The first-order valence-electron chi connectivity index (χ1n) is 7.00. The Labute approximate surface area is 152 Å². The standard InChI is InChI=1S/C14H19BrO10/c1-7(17)22-11(5-16)13(24-9(3)19)14(25-10(4)20)12(6-21-15)23-8(2)18/h5,11-14H,6H2,1-4H3/t11-,12+,13+,14-/m0/s1. The number of hydrogen-bond donors (Lipinski definition) is 0. The van der Waals surface area contributed by atoms with E-state index < -0.39 is 48.3 Å². The van der Waals surface area contributed by atoms with Gasteiger partial charge in [0.15, 0.2) is 30.7 Å². The number of ether oxygens (including phenoxy) is 4. The van der Waals surface area contributed by atoms with Crippen LogP contribution in [0.1, 0.15) is 27.7 Å². The molecule has 25 heavy (non-hydrogen) atoms. The van der Waals surface area contributed by atoms with Crippen LogP contribution in [-0.4, -0.2) is 61.2 Å². The summed E-state index contributed by atoms with van der Waals surface area (Å²) in [5.74, 6) is -3.25. The second kappa shape index (κ2) is 11.5. The summed E-state index contributed by atoms with van der Waals surface area (Å²) >= 11 is 2.67. The van der Waals surface area contributed by atoms with E-state index in [1.807, 2.05) is 0 Å². The predicted molar refractivity (Wildman–Crippen MR) is 83.2 cm³/mol. The molecular formula is C14H19BrO10. The van der Waals surface area contributed by atoms with Gasteiger partial charge < -0.3 is 22.8 Å². The van der Waals surface area contributed by atoms with Crippen LogP contribution >= 0.6 is 16.3 Å². The van der Waals surface area contributed by atoms with Crippen LogP contribution in [0.15, 0.2) is 0 Å². The van der Waals surface area contributed by atoms with Crippen molar-refractivity contribution in [3.8, 4) is 0 Å². The Hall–Kier alpha value is -2.01. The highest BCUT2D eigenvalue weighted by atomic mass is 79.9. The fourth-order valence-electron chi connectivity index (χ4n) is 1.89. The smallest absolute Gasteiger partial charge is 0.303 e. The van der Waals surface area contributed by atoms with Gasteiger partial charge in [0.05, 0.1) is 16.3 Å². The molecule has 0 aromatic heterocycles. The van der Waals surface area contributed by atoms with E-state index in [9.17, 15) is 24.0 Å². The molecule has 0 amide bonds. The minimum absolute atomic E-state index is 0.200. The van der Waals surface area contributed by atoms with Gasteiger partial charge in [0.1, 0.15) is 6.61 Å². The van der Waals surface area contributed by atoms with Gasteiger partial charge in [-0.15, -0.1) is 0 Å². The molecular weight excluding hydrogens is 408 g/mol. The zero-order valence-corrected chi connectivity index (χ0v) is 15.6. The van der Waals surface area contributed by atoms with Gasteiger partial charge in [-0.05, 0) is 0 Å². The largest absolute Gasteiger partial charge is 0.456 e. The molecule has 0 saturated heterocycles. The van der Waals surface area contributed by atoms with E-state index in [-0.39, 0.29) is 12.9 Å². The van der Waals surface area contributed by atoms with Gasteiger partial charge in [-0.1, -0.05) is 0 Å². The van der Waals surface area contributed by atoms with Gasteiger partial charge >= 0.3 is 23.9 Å². The lowest BCUT2D eigenvalue weighted by Crippen LogP contribution is -2.53. The summed E-state index contributed by atoms with van der Waals surface area (Å²) in [4.78, 5) is 56.6. The van der Waals surface area contributed by atoms with E-state index in [0.29, 0.717) is 0 Å². The molecule has 0 radical (unpaired) electrons. The molecule has 0 spiro atoms. The molecule has 0 aliphatic carbocycles. The van der Waals surface area contributed by atoms with Gasteiger partial charge in [-0.3, -0.25) is 24.0 Å². The summed E-state index contributed by atoms with van der Waals surface area (Å²) in [6, 6.07) is 0.